The number of carbonyl (C=O) groups excluding carboxylic acids is 3. The SMILES string of the molecule is CCOC(=O)/C=C/C(=O)OC[C@@H](C)NC(=O)OCC1CCCCC1. The van der Waals surface area contributed by atoms with E-state index < -0.39 is 18.0 Å². The maximum Gasteiger partial charge on any atom is 0.407 e. The Morgan fingerprint density at radius 2 is 1.67 bits per heavy atom. The maximum atomic E-state index is 11.7. The second-order valence-electron chi connectivity index (χ2n) is 5.86. The number of nitrogens with one attached hydrogen (secondary N) is 1. The van der Waals surface area contributed by atoms with Gasteiger partial charge in [-0.05, 0) is 32.6 Å². The number of alkyl carbamates (subject to hydrolysis) is 1. The summed E-state index contributed by atoms with van der Waals surface area (Å²) >= 11 is 0. The minimum absolute atomic E-state index is 0.00940. The van der Waals surface area contributed by atoms with Crippen LogP contribution in [0.1, 0.15) is 46.0 Å². The Morgan fingerprint density at radius 3 is 2.29 bits per heavy atom. The number of esters is 2. The molecule has 0 bridgehead atoms. The molecule has 1 atom stereocenters. The highest BCUT2D eigenvalue weighted by Gasteiger charge is 2.16. The van der Waals surface area contributed by atoms with E-state index >= 15 is 0 Å². The Morgan fingerprint density at radius 1 is 1.04 bits per heavy atom. The molecule has 0 aromatic rings. The first kappa shape index (κ1) is 20.0. The van der Waals surface area contributed by atoms with E-state index in [4.69, 9.17) is 9.47 Å². The van der Waals surface area contributed by atoms with Crippen LogP contribution in [0.2, 0.25) is 0 Å². The molecule has 1 aliphatic carbocycles. The molecule has 0 spiro atoms. The summed E-state index contributed by atoms with van der Waals surface area (Å²) in [5.74, 6) is -0.829. The van der Waals surface area contributed by atoms with Gasteiger partial charge in [-0.3, -0.25) is 0 Å². The lowest BCUT2D eigenvalue weighted by molar-refractivity contribution is -0.140. The fraction of sp³-hybridized carbons (Fsp3) is 0.706. The van der Waals surface area contributed by atoms with Gasteiger partial charge in [0, 0.05) is 12.2 Å². The molecule has 7 nitrogen and oxygen atoms in total. The van der Waals surface area contributed by atoms with Gasteiger partial charge < -0.3 is 19.5 Å². The summed E-state index contributed by atoms with van der Waals surface area (Å²) in [4.78, 5) is 34.1. The van der Waals surface area contributed by atoms with E-state index in [0.29, 0.717) is 12.5 Å². The van der Waals surface area contributed by atoms with E-state index in [1.807, 2.05) is 0 Å². The highest BCUT2D eigenvalue weighted by molar-refractivity contribution is 5.91. The average Bonchev–Trinajstić information content (AvgIpc) is 2.57. The average molecular weight is 341 g/mol. The Hall–Kier alpha value is -2.05. The molecule has 1 saturated carbocycles. The van der Waals surface area contributed by atoms with E-state index in [9.17, 15) is 14.4 Å². The number of carbonyl (C=O) groups is 3. The summed E-state index contributed by atoms with van der Waals surface area (Å²) in [6, 6.07) is -0.385. The summed E-state index contributed by atoms with van der Waals surface area (Å²) in [6.07, 6.45) is 7.35. The van der Waals surface area contributed by atoms with E-state index in [-0.39, 0.29) is 19.3 Å². The molecule has 0 aromatic carbocycles. The first-order valence-electron chi connectivity index (χ1n) is 8.46. The smallest absolute Gasteiger partial charge is 0.407 e. The van der Waals surface area contributed by atoms with Crippen LogP contribution < -0.4 is 5.32 Å². The lowest BCUT2D eigenvalue weighted by atomic mass is 9.90. The van der Waals surface area contributed by atoms with Gasteiger partial charge in [-0.2, -0.15) is 0 Å². The van der Waals surface area contributed by atoms with Gasteiger partial charge in [-0.1, -0.05) is 19.3 Å². The predicted molar refractivity (Wildman–Crippen MR) is 87.3 cm³/mol. The van der Waals surface area contributed by atoms with Gasteiger partial charge in [0.15, 0.2) is 0 Å². The van der Waals surface area contributed by atoms with E-state index in [0.717, 1.165) is 25.0 Å². The fourth-order valence-corrected chi connectivity index (χ4v) is 2.41. The van der Waals surface area contributed by atoms with Crippen LogP contribution in [0.15, 0.2) is 12.2 Å². The second kappa shape index (κ2) is 11.5. The molecule has 1 aliphatic rings. The first-order valence-corrected chi connectivity index (χ1v) is 8.46. The summed E-state index contributed by atoms with van der Waals surface area (Å²) in [5, 5.41) is 2.61. The lowest BCUT2D eigenvalue weighted by Crippen LogP contribution is -2.37. The molecule has 1 amide bonds. The van der Waals surface area contributed by atoms with Crippen LogP contribution in [0.5, 0.6) is 0 Å². The van der Waals surface area contributed by atoms with Crippen molar-refractivity contribution >= 4 is 18.0 Å². The highest BCUT2D eigenvalue weighted by atomic mass is 16.6. The van der Waals surface area contributed by atoms with Crippen LogP contribution in [-0.4, -0.2) is 43.9 Å². The molecule has 0 heterocycles. The van der Waals surface area contributed by atoms with Crippen molar-refractivity contribution in [1.82, 2.24) is 5.32 Å². The molecule has 0 unspecified atom stereocenters. The monoisotopic (exact) mass is 341 g/mol. The fourth-order valence-electron chi connectivity index (χ4n) is 2.41. The zero-order valence-electron chi connectivity index (χ0n) is 14.4. The summed E-state index contributed by atoms with van der Waals surface area (Å²) in [7, 11) is 0. The number of hydrogen-bond acceptors (Lipinski definition) is 6. The van der Waals surface area contributed by atoms with Crippen LogP contribution in [0.3, 0.4) is 0 Å². The Bertz CT molecular complexity index is 442. The molecule has 0 saturated heterocycles. The van der Waals surface area contributed by atoms with Crippen molar-refractivity contribution in [2.45, 2.75) is 52.0 Å². The van der Waals surface area contributed by atoms with Crippen molar-refractivity contribution in [3.05, 3.63) is 12.2 Å². The molecule has 1 fully saturated rings. The third-order valence-electron chi connectivity index (χ3n) is 3.66. The Kier molecular flexibility index (Phi) is 9.56. The molecule has 0 aromatic heterocycles. The maximum absolute atomic E-state index is 11.7. The second-order valence-corrected chi connectivity index (χ2v) is 5.86. The summed E-state index contributed by atoms with van der Waals surface area (Å²) in [5.41, 5.74) is 0. The largest absolute Gasteiger partial charge is 0.463 e. The van der Waals surface area contributed by atoms with Crippen LogP contribution in [-0.2, 0) is 23.8 Å². The minimum atomic E-state index is -0.674. The van der Waals surface area contributed by atoms with Gasteiger partial charge >= 0.3 is 18.0 Å². The topological polar surface area (TPSA) is 90.9 Å². The standard InChI is InChI=1S/C17H27NO6/c1-3-22-15(19)9-10-16(20)23-11-13(2)18-17(21)24-12-14-7-5-4-6-8-14/h9-10,13-14H,3-8,11-12H2,1-2H3,(H,18,21)/b10-9+/t13-/m1/s1. The molecule has 1 rings (SSSR count). The summed E-state index contributed by atoms with van der Waals surface area (Å²) < 4.78 is 14.8. The van der Waals surface area contributed by atoms with Crippen molar-refractivity contribution in [2.24, 2.45) is 5.92 Å². The molecule has 1 N–H and O–H groups in total. The van der Waals surface area contributed by atoms with Gasteiger partial charge in [0.05, 0.1) is 19.3 Å². The zero-order valence-corrected chi connectivity index (χ0v) is 14.4. The molecular weight excluding hydrogens is 314 g/mol. The molecule has 24 heavy (non-hydrogen) atoms. The van der Waals surface area contributed by atoms with Crippen molar-refractivity contribution in [3.8, 4) is 0 Å². The van der Waals surface area contributed by atoms with Crippen molar-refractivity contribution in [1.29, 1.82) is 0 Å². The van der Waals surface area contributed by atoms with Gasteiger partial charge in [-0.15, -0.1) is 0 Å². The molecular formula is C17H27NO6. The van der Waals surface area contributed by atoms with Crippen LogP contribution in [0, 0.1) is 5.92 Å². The van der Waals surface area contributed by atoms with Crippen LogP contribution >= 0.6 is 0 Å². The van der Waals surface area contributed by atoms with E-state index in [1.54, 1.807) is 13.8 Å². The van der Waals surface area contributed by atoms with E-state index in [1.165, 1.54) is 19.3 Å². The number of rotatable bonds is 8. The third-order valence-corrected chi connectivity index (χ3v) is 3.66. The predicted octanol–water partition coefficient (Wildman–Crippen LogP) is 2.34. The van der Waals surface area contributed by atoms with Crippen molar-refractivity contribution in [3.63, 3.8) is 0 Å². The summed E-state index contributed by atoms with van der Waals surface area (Å²) in [6.45, 7) is 4.03. The number of amides is 1. The number of ether oxygens (including phenoxy) is 3. The first-order chi connectivity index (χ1) is 11.5. The van der Waals surface area contributed by atoms with Gasteiger partial charge in [0.1, 0.15) is 6.61 Å². The molecule has 136 valence electrons. The molecule has 7 heteroatoms. The zero-order chi connectivity index (χ0) is 17.8. The van der Waals surface area contributed by atoms with Crippen LogP contribution in [0.25, 0.3) is 0 Å². The van der Waals surface area contributed by atoms with E-state index in [2.05, 4.69) is 10.1 Å². The van der Waals surface area contributed by atoms with Gasteiger partial charge in [0.25, 0.3) is 0 Å². The minimum Gasteiger partial charge on any atom is -0.463 e. The van der Waals surface area contributed by atoms with Gasteiger partial charge in [0.2, 0.25) is 0 Å². The quantitative estimate of drug-likeness (QED) is 0.414. The Labute approximate surface area is 142 Å². The normalized spacial score (nSPS) is 16.4. The third kappa shape index (κ3) is 9.17. The lowest BCUT2D eigenvalue weighted by Gasteiger charge is -2.21. The van der Waals surface area contributed by atoms with Crippen molar-refractivity contribution in [2.75, 3.05) is 19.8 Å². The van der Waals surface area contributed by atoms with Crippen molar-refractivity contribution < 1.29 is 28.6 Å². The highest BCUT2D eigenvalue weighted by Crippen LogP contribution is 2.23. The van der Waals surface area contributed by atoms with Gasteiger partial charge in [-0.25, -0.2) is 14.4 Å². The molecule has 0 aliphatic heterocycles. The number of hydrogen-bond donors (Lipinski definition) is 1. The van der Waals surface area contributed by atoms with Crippen LogP contribution in [0.4, 0.5) is 4.79 Å². The Balaban J connectivity index is 2.15. The molecule has 0 radical (unpaired) electrons.